The second kappa shape index (κ2) is 9.13. The van der Waals surface area contributed by atoms with Crippen LogP contribution in [-0.4, -0.2) is 50.8 Å². The van der Waals surface area contributed by atoms with E-state index in [0.29, 0.717) is 45.0 Å². The van der Waals surface area contributed by atoms with E-state index in [1.165, 1.54) is 28.4 Å². The SMILES string of the molecule is COC(=O)C(C)(C)NC(=O)c1cc(-c2cc(OC)c(OC)c(OC)c2)nc2ccccc12. The number of carbonyl (C=O) groups is 2. The van der Waals surface area contributed by atoms with E-state index in [9.17, 15) is 9.59 Å². The molecule has 3 rings (SSSR count). The molecule has 8 heteroatoms. The molecule has 0 spiro atoms. The van der Waals surface area contributed by atoms with Crippen molar-refractivity contribution in [3.63, 3.8) is 0 Å². The lowest BCUT2D eigenvalue weighted by Gasteiger charge is -2.23. The number of benzene rings is 2. The predicted molar refractivity (Wildman–Crippen MR) is 120 cm³/mol. The zero-order valence-electron chi connectivity index (χ0n) is 18.9. The number of hydrogen-bond donors (Lipinski definition) is 1. The second-order valence-corrected chi connectivity index (χ2v) is 7.56. The number of hydrogen-bond acceptors (Lipinski definition) is 7. The highest BCUT2D eigenvalue weighted by Crippen LogP contribution is 2.41. The molecule has 0 aliphatic carbocycles. The average Bonchev–Trinajstić information content (AvgIpc) is 2.81. The summed E-state index contributed by atoms with van der Waals surface area (Å²) in [6.45, 7) is 3.17. The molecule has 0 atom stereocenters. The van der Waals surface area contributed by atoms with Crippen LogP contribution in [-0.2, 0) is 9.53 Å². The van der Waals surface area contributed by atoms with Gasteiger partial charge < -0.3 is 24.3 Å². The lowest BCUT2D eigenvalue weighted by atomic mass is 10.0. The summed E-state index contributed by atoms with van der Waals surface area (Å²) in [6, 6.07) is 12.5. The molecule has 0 aliphatic heterocycles. The molecular formula is C24H26N2O6. The standard InChI is InChI=1S/C24H26N2O6/c1-24(2,23(28)32-6)26-22(27)16-13-18(25-17-10-8-7-9-15(16)17)14-11-19(29-3)21(31-5)20(12-14)30-4/h7-13H,1-6H3,(H,26,27). The molecule has 0 unspecified atom stereocenters. The number of rotatable bonds is 7. The van der Waals surface area contributed by atoms with E-state index in [2.05, 4.69) is 5.32 Å². The van der Waals surface area contributed by atoms with Gasteiger partial charge >= 0.3 is 5.97 Å². The molecule has 0 radical (unpaired) electrons. The molecule has 0 aliphatic rings. The maximum absolute atomic E-state index is 13.2. The minimum atomic E-state index is -1.21. The van der Waals surface area contributed by atoms with Gasteiger partial charge in [-0.25, -0.2) is 9.78 Å². The molecule has 1 aromatic heterocycles. The predicted octanol–water partition coefficient (Wildman–Crippen LogP) is 3.61. The topological polar surface area (TPSA) is 96.0 Å². The molecule has 168 valence electrons. The van der Waals surface area contributed by atoms with E-state index in [0.717, 1.165) is 0 Å². The summed E-state index contributed by atoms with van der Waals surface area (Å²) in [5.74, 6) is 0.420. The Hall–Kier alpha value is -3.81. The third kappa shape index (κ3) is 4.30. The molecule has 2 aromatic carbocycles. The van der Waals surface area contributed by atoms with Crippen molar-refractivity contribution in [1.29, 1.82) is 0 Å². The minimum Gasteiger partial charge on any atom is -0.493 e. The van der Waals surface area contributed by atoms with Gasteiger partial charge in [-0.05, 0) is 38.1 Å². The first-order valence-corrected chi connectivity index (χ1v) is 9.86. The first-order valence-electron chi connectivity index (χ1n) is 9.86. The summed E-state index contributed by atoms with van der Waals surface area (Å²) in [5, 5.41) is 3.40. The number of esters is 1. The fourth-order valence-electron chi connectivity index (χ4n) is 3.40. The van der Waals surface area contributed by atoms with Crippen molar-refractivity contribution in [2.24, 2.45) is 0 Å². The van der Waals surface area contributed by atoms with Gasteiger partial charge in [-0.15, -0.1) is 0 Å². The number of amides is 1. The second-order valence-electron chi connectivity index (χ2n) is 7.56. The monoisotopic (exact) mass is 438 g/mol. The van der Waals surface area contributed by atoms with Crippen LogP contribution >= 0.6 is 0 Å². The van der Waals surface area contributed by atoms with E-state index in [-0.39, 0.29) is 0 Å². The summed E-state index contributed by atoms with van der Waals surface area (Å²) >= 11 is 0. The van der Waals surface area contributed by atoms with Crippen LogP contribution in [0.2, 0.25) is 0 Å². The Kier molecular flexibility index (Phi) is 6.53. The largest absolute Gasteiger partial charge is 0.493 e. The zero-order chi connectivity index (χ0) is 23.5. The van der Waals surface area contributed by atoms with E-state index in [1.807, 2.05) is 18.2 Å². The van der Waals surface area contributed by atoms with Crippen molar-refractivity contribution < 1.29 is 28.5 Å². The van der Waals surface area contributed by atoms with Crippen LogP contribution in [0.5, 0.6) is 17.2 Å². The number of pyridine rings is 1. The van der Waals surface area contributed by atoms with Gasteiger partial charge in [0, 0.05) is 10.9 Å². The third-order valence-corrected chi connectivity index (χ3v) is 5.04. The summed E-state index contributed by atoms with van der Waals surface area (Å²) < 4.78 is 21.1. The van der Waals surface area contributed by atoms with Crippen LogP contribution in [0.1, 0.15) is 24.2 Å². The fraction of sp³-hybridized carbons (Fsp3) is 0.292. The van der Waals surface area contributed by atoms with Gasteiger partial charge in [-0.2, -0.15) is 0 Å². The quantitative estimate of drug-likeness (QED) is 0.563. The Morgan fingerprint density at radius 2 is 1.53 bits per heavy atom. The van der Waals surface area contributed by atoms with Crippen LogP contribution in [0.25, 0.3) is 22.2 Å². The highest BCUT2D eigenvalue weighted by molar-refractivity contribution is 6.08. The smallest absolute Gasteiger partial charge is 0.330 e. The molecule has 0 saturated carbocycles. The number of para-hydroxylation sites is 1. The van der Waals surface area contributed by atoms with Gasteiger partial charge in [0.1, 0.15) is 5.54 Å². The average molecular weight is 438 g/mol. The van der Waals surface area contributed by atoms with Crippen LogP contribution < -0.4 is 19.5 Å². The molecule has 0 bridgehead atoms. The molecule has 1 N–H and O–H groups in total. The van der Waals surface area contributed by atoms with Crippen LogP contribution in [0.4, 0.5) is 0 Å². The Labute approximate surface area is 186 Å². The first kappa shape index (κ1) is 22.9. The van der Waals surface area contributed by atoms with Crippen LogP contribution in [0.3, 0.4) is 0 Å². The highest BCUT2D eigenvalue weighted by atomic mass is 16.5. The molecule has 1 amide bonds. The molecule has 0 fully saturated rings. The van der Waals surface area contributed by atoms with Crippen molar-refractivity contribution in [3.05, 3.63) is 48.0 Å². The Bertz CT molecular complexity index is 1150. The van der Waals surface area contributed by atoms with Gasteiger partial charge in [0.25, 0.3) is 5.91 Å². The van der Waals surface area contributed by atoms with Crippen LogP contribution in [0.15, 0.2) is 42.5 Å². The fourth-order valence-corrected chi connectivity index (χ4v) is 3.40. The third-order valence-electron chi connectivity index (χ3n) is 5.04. The molecule has 0 saturated heterocycles. The maximum atomic E-state index is 13.2. The Morgan fingerprint density at radius 1 is 0.906 bits per heavy atom. The van der Waals surface area contributed by atoms with Crippen molar-refractivity contribution in [1.82, 2.24) is 10.3 Å². The van der Waals surface area contributed by atoms with E-state index in [4.69, 9.17) is 23.9 Å². The molecule has 3 aromatic rings. The lowest BCUT2D eigenvalue weighted by molar-refractivity contribution is -0.146. The summed E-state index contributed by atoms with van der Waals surface area (Å²) in [6.07, 6.45) is 0. The molecule has 32 heavy (non-hydrogen) atoms. The van der Waals surface area contributed by atoms with Gasteiger partial charge in [-0.3, -0.25) is 4.79 Å². The Balaban J connectivity index is 2.18. The van der Waals surface area contributed by atoms with E-state index >= 15 is 0 Å². The van der Waals surface area contributed by atoms with Gasteiger partial charge in [0.2, 0.25) is 5.75 Å². The van der Waals surface area contributed by atoms with E-state index in [1.54, 1.807) is 38.1 Å². The van der Waals surface area contributed by atoms with E-state index < -0.39 is 17.4 Å². The number of aromatic nitrogens is 1. The minimum absolute atomic E-state index is 0.372. The van der Waals surface area contributed by atoms with Crippen molar-refractivity contribution >= 4 is 22.8 Å². The van der Waals surface area contributed by atoms with Crippen molar-refractivity contribution in [2.75, 3.05) is 28.4 Å². The van der Waals surface area contributed by atoms with Gasteiger partial charge in [0.05, 0.1) is 45.2 Å². The Morgan fingerprint density at radius 3 is 2.09 bits per heavy atom. The summed E-state index contributed by atoms with van der Waals surface area (Å²) in [7, 11) is 5.87. The van der Waals surface area contributed by atoms with Gasteiger partial charge in [0.15, 0.2) is 11.5 Å². The van der Waals surface area contributed by atoms with Crippen molar-refractivity contribution in [2.45, 2.75) is 19.4 Å². The van der Waals surface area contributed by atoms with Crippen LogP contribution in [0, 0.1) is 0 Å². The molecular weight excluding hydrogens is 412 g/mol. The zero-order valence-corrected chi connectivity index (χ0v) is 18.9. The maximum Gasteiger partial charge on any atom is 0.330 e. The number of ether oxygens (including phenoxy) is 4. The molecule has 1 heterocycles. The number of carbonyl (C=O) groups excluding carboxylic acids is 2. The number of methoxy groups -OCH3 is 4. The summed E-state index contributed by atoms with van der Waals surface area (Å²) in [5.41, 5.74) is 0.995. The van der Waals surface area contributed by atoms with Gasteiger partial charge in [-0.1, -0.05) is 18.2 Å². The lowest BCUT2D eigenvalue weighted by Crippen LogP contribution is -2.50. The number of fused-ring (bicyclic) bond motifs is 1. The highest BCUT2D eigenvalue weighted by Gasteiger charge is 2.31. The molecule has 8 nitrogen and oxygen atoms in total. The normalized spacial score (nSPS) is 11.1. The summed E-state index contributed by atoms with van der Waals surface area (Å²) in [4.78, 5) is 30.0. The number of nitrogens with zero attached hydrogens (tertiary/aromatic N) is 1. The number of nitrogens with one attached hydrogen (secondary N) is 1. The van der Waals surface area contributed by atoms with Crippen molar-refractivity contribution in [3.8, 4) is 28.5 Å². The first-order chi connectivity index (χ1) is 15.2.